The maximum atomic E-state index is 15.4. The summed E-state index contributed by atoms with van der Waals surface area (Å²) < 4.78 is 18.7. The number of benzene rings is 1. The molecule has 4 aliphatic rings. The Morgan fingerprint density at radius 3 is 2.43 bits per heavy atom. The first kappa shape index (κ1) is 33.3. The molecule has 0 spiro atoms. The zero-order valence-electron chi connectivity index (χ0n) is 28.5. The molecule has 0 N–H and O–H groups in total. The van der Waals surface area contributed by atoms with E-state index in [2.05, 4.69) is 31.1 Å². The van der Waals surface area contributed by atoms with Gasteiger partial charge in [-0.05, 0) is 74.0 Å². The highest BCUT2D eigenvalue weighted by Crippen LogP contribution is 2.70. The van der Waals surface area contributed by atoms with E-state index < -0.39 is 11.5 Å². The highest BCUT2D eigenvalue weighted by atomic mass is 16.5. The van der Waals surface area contributed by atoms with Gasteiger partial charge in [0.25, 0.3) is 0 Å². The minimum absolute atomic E-state index is 0.00672. The largest absolute Gasteiger partial charge is 0.469 e. The highest BCUT2D eigenvalue weighted by Gasteiger charge is 2.70. The topological polar surface area (TPSA) is 127 Å². The fourth-order valence-electron chi connectivity index (χ4n) is 10.7. The van der Waals surface area contributed by atoms with Crippen LogP contribution in [0.1, 0.15) is 92.0 Å². The lowest BCUT2D eigenvalue weighted by atomic mass is 9.42. The van der Waals surface area contributed by atoms with E-state index in [0.717, 1.165) is 31.2 Å². The van der Waals surface area contributed by atoms with Crippen molar-refractivity contribution in [1.82, 2.24) is 15.0 Å². The SMILES string of the molecule is COC(=O)CC[C@@H](C)[C@H]1CC[C@H]2[C@H]3[C@H]([C@H](n4cc(-c5ccccc5)nn4)C(=O)[C@]12C)[C@@]1(C)CC[C@@H](OC(C)=O)C[C@H]1C[C@H]3OC(C)=O. The molecule has 1 aromatic heterocycles. The van der Waals surface area contributed by atoms with E-state index in [0.29, 0.717) is 31.4 Å². The van der Waals surface area contributed by atoms with E-state index in [4.69, 9.17) is 14.2 Å². The molecule has 1 heterocycles. The summed E-state index contributed by atoms with van der Waals surface area (Å²) in [5, 5.41) is 9.22. The lowest BCUT2D eigenvalue weighted by Gasteiger charge is -2.64. The van der Waals surface area contributed by atoms with Crippen LogP contribution >= 0.6 is 0 Å². The molecule has 4 aliphatic carbocycles. The molecule has 0 amide bonds. The number of Topliss-reactive ketones (excluding diaryl/α,β-unsaturated/α-hetero) is 1. The summed E-state index contributed by atoms with van der Waals surface area (Å²) in [4.78, 5) is 52.2. The van der Waals surface area contributed by atoms with Crippen molar-refractivity contribution in [3.8, 4) is 11.3 Å². The summed E-state index contributed by atoms with van der Waals surface area (Å²) in [5.41, 5.74) is 0.624. The third kappa shape index (κ3) is 5.79. The zero-order valence-corrected chi connectivity index (χ0v) is 28.5. The molecule has 1 aromatic carbocycles. The molecule has 6 rings (SSSR count). The van der Waals surface area contributed by atoms with Crippen molar-refractivity contribution >= 4 is 23.7 Å². The fourth-order valence-corrected chi connectivity index (χ4v) is 10.7. The van der Waals surface area contributed by atoms with Crippen LogP contribution in [-0.4, -0.2) is 58.0 Å². The predicted octanol–water partition coefficient (Wildman–Crippen LogP) is 6.00. The Kier molecular flexibility index (Phi) is 9.09. The van der Waals surface area contributed by atoms with Gasteiger partial charge in [0.15, 0.2) is 5.78 Å². The molecule has 254 valence electrons. The Balaban J connectivity index is 1.47. The van der Waals surface area contributed by atoms with Crippen LogP contribution in [0.4, 0.5) is 0 Å². The first-order chi connectivity index (χ1) is 22.4. The molecular formula is C37H49N3O7. The van der Waals surface area contributed by atoms with Gasteiger partial charge in [-0.2, -0.15) is 0 Å². The third-order valence-corrected chi connectivity index (χ3v) is 12.8. The molecule has 0 saturated heterocycles. The quantitative estimate of drug-likeness (QED) is 0.251. The molecule has 10 nitrogen and oxygen atoms in total. The van der Waals surface area contributed by atoms with Crippen molar-refractivity contribution in [1.29, 1.82) is 0 Å². The molecule has 4 fully saturated rings. The van der Waals surface area contributed by atoms with Gasteiger partial charge in [-0.1, -0.05) is 56.3 Å². The number of esters is 3. The van der Waals surface area contributed by atoms with Crippen molar-refractivity contribution in [2.75, 3.05) is 7.11 Å². The normalized spacial score (nSPS) is 36.8. The van der Waals surface area contributed by atoms with E-state index in [1.165, 1.54) is 21.0 Å². The van der Waals surface area contributed by atoms with Gasteiger partial charge in [0.1, 0.15) is 23.9 Å². The second-order valence-electron chi connectivity index (χ2n) is 15.1. The van der Waals surface area contributed by atoms with Gasteiger partial charge in [0, 0.05) is 43.1 Å². The monoisotopic (exact) mass is 647 g/mol. The zero-order chi connectivity index (χ0) is 33.7. The number of carbonyl (C=O) groups is 4. The summed E-state index contributed by atoms with van der Waals surface area (Å²) in [7, 11) is 1.41. The number of fused-ring (bicyclic) bond motifs is 5. The number of nitrogens with zero attached hydrogens (tertiary/aromatic N) is 3. The highest BCUT2D eigenvalue weighted by molar-refractivity contribution is 5.91. The van der Waals surface area contributed by atoms with E-state index in [9.17, 15) is 14.4 Å². The smallest absolute Gasteiger partial charge is 0.305 e. The van der Waals surface area contributed by atoms with Crippen LogP contribution in [0.15, 0.2) is 36.5 Å². The number of rotatable bonds is 8. The standard InChI is InChI=1S/C37H49N3O7/c1-21(12-15-31(43)45-6)27-13-14-28-32-30(47-23(3)42)19-25-18-26(46-22(2)41)16-17-36(25,4)33(32)34(35(44)37(27,28)5)40-20-29(38-39-40)24-10-8-7-9-11-24/h7-11,20-21,25-28,30,32-34H,12-19H2,1-6H3/t21-,25+,26-,27-,28+,30-,32-,33-,34+,36+,37-/m1/s1. The van der Waals surface area contributed by atoms with Crippen molar-refractivity contribution in [3.05, 3.63) is 36.5 Å². The second kappa shape index (κ2) is 12.8. The fraction of sp³-hybridized carbons (Fsp3) is 0.676. The van der Waals surface area contributed by atoms with Crippen molar-refractivity contribution < 1.29 is 33.4 Å². The van der Waals surface area contributed by atoms with Gasteiger partial charge in [-0.3, -0.25) is 19.2 Å². The average Bonchev–Trinajstić information content (AvgIpc) is 3.66. The molecule has 0 radical (unpaired) electrons. The van der Waals surface area contributed by atoms with Gasteiger partial charge < -0.3 is 14.2 Å². The Morgan fingerprint density at radius 1 is 1.02 bits per heavy atom. The van der Waals surface area contributed by atoms with Crippen molar-refractivity contribution in [2.45, 2.75) is 104 Å². The molecule has 11 atom stereocenters. The predicted molar refractivity (Wildman–Crippen MR) is 172 cm³/mol. The number of aromatic nitrogens is 3. The maximum Gasteiger partial charge on any atom is 0.305 e. The number of methoxy groups -OCH3 is 1. The first-order valence-electron chi connectivity index (χ1n) is 17.3. The van der Waals surface area contributed by atoms with Crippen LogP contribution < -0.4 is 0 Å². The number of hydrogen-bond acceptors (Lipinski definition) is 9. The van der Waals surface area contributed by atoms with Crippen molar-refractivity contribution in [2.24, 2.45) is 46.3 Å². The summed E-state index contributed by atoms with van der Waals surface area (Å²) >= 11 is 0. The summed E-state index contributed by atoms with van der Waals surface area (Å²) in [6.45, 7) is 9.48. The Hall–Kier alpha value is -3.56. The summed E-state index contributed by atoms with van der Waals surface area (Å²) in [6, 6.07) is 9.22. The Labute approximate surface area is 277 Å². The van der Waals surface area contributed by atoms with Crippen LogP contribution in [-0.2, 0) is 33.4 Å². The van der Waals surface area contributed by atoms with Crippen LogP contribution in [0.3, 0.4) is 0 Å². The molecule has 2 aromatic rings. The van der Waals surface area contributed by atoms with E-state index in [-0.39, 0.29) is 76.8 Å². The van der Waals surface area contributed by atoms with Gasteiger partial charge in [0.2, 0.25) is 0 Å². The third-order valence-electron chi connectivity index (χ3n) is 12.8. The van der Waals surface area contributed by atoms with Gasteiger partial charge >= 0.3 is 17.9 Å². The number of carbonyl (C=O) groups excluding carboxylic acids is 4. The van der Waals surface area contributed by atoms with Gasteiger partial charge in [-0.25, -0.2) is 4.68 Å². The molecule has 47 heavy (non-hydrogen) atoms. The summed E-state index contributed by atoms with van der Waals surface area (Å²) in [6.07, 6.45) is 6.81. The van der Waals surface area contributed by atoms with E-state index in [1.54, 1.807) is 4.68 Å². The van der Waals surface area contributed by atoms with Crippen LogP contribution in [0.25, 0.3) is 11.3 Å². The Bertz CT molecular complexity index is 1510. The van der Waals surface area contributed by atoms with Crippen LogP contribution in [0.2, 0.25) is 0 Å². The molecule has 0 aliphatic heterocycles. The number of ketones is 1. The maximum absolute atomic E-state index is 15.4. The minimum Gasteiger partial charge on any atom is -0.469 e. The second-order valence-corrected chi connectivity index (χ2v) is 15.1. The Morgan fingerprint density at radius 2 is 1.74 bits per heavy atom. The summed E-state index contributed by atoms with van der Waals surface area (Å²) in [5.74, 6) is -0.687. The average molecular weight is 648 g/mol. The lowest BCUT2D eigenvalue weighted by Crippen LogP contribution is -2.65. The molecule has 10 heteroatoms. The number of hydrogen-bond donors (Lipinski definition) is 0. The van der Waals surface area contributed by atoms with Crippen LogP contribution in [0.5, 0.6) is 0 Å². The molecular weight excluding hydrogens is 598 g/mol. The number of ether oxygens (including phenoxy) is 3. The first-order valence-corrected chi connectivity index (χ1v) is 17.3. The molecule has 4 saturated carbocycles. The van der Waals surface area contributed by atoms with Crippen LogP contribution in [0, 0.1) is 46.3 Å². The molecule has 0 unspecified atom stereocenters. The minimum atomic E-state index is -0.712. The van der Waals surface area contributed by atoms with Crippen molar-refractivity contribution in [3.63, 3.8) is 0 Å². The van der Waals surface area contributed by atoms with E-state index >= 15 is 4.79 Å². The van der Waals surface area contributed by atoms with Gasteiger partial charge in [-0.15, -0.1) is 5.10 Å². The van der Waals surface area contributed by atoms with E-state index in [1.807, 2.05) is 36.5 Å². The van der Waals surface area contributed by atoms with Gasteiger partial charge in [0.05, 0.1) is 13.3 Å². The molecule has 0 bridgehead atoms. The lowest BCUT2D eigenvalue weighted by molar-refractivity contribution is -0.207.